The molecule has 2 N–H and O–H groups in total. The normalized spacial score (nSPS) is 10.8. The molecule has 0 aliphatic rings. The van der Waals surface area contributed by atoms with Crippen LogP contribution in [0.25, 0.3) is 17.0 Å². The molecular weight excluding hydrogens is 476 g/mol. The van der Waals surface area contributed by atoms with Gasteiger partial charge in [0.15, 0.2) is 11.5 Å². The maximum atomic E-state index is 13.1. The number of hydrogen-bond donors (Lipinski definition) is 2. The summed E-state index contributed by atoms with van der Waals surface area (Å²) in [6.45, 7) is 0. The zero-order chi connectivity index (χ0) is 26.4. The Morgan fingerprint density at radius 2 is 1.54 bits per heavy atom. The van der Waals surface area contributed by atoms with Crippen LogP contribution in [0.3, 0.4) is 0 Å². The van der Waals surface area contributed by atoms with E-state index in [0.717, 1.165) is 0 Å². The summed E-state index contributed by atoms with van der Waals surface area (Å²) in [4.78, 5) is 26.0. The van der Waals surface area contributed by atoms with Crippen molar-refractivity contribution in [1.82, 2.24) is 0 Å². The minimum Gasteiger partial charge on any atom is -0.497 e. The van der Waals surface area contributed by atoms with Crippen molar-refractivity contribution in [3.05, 3.63) is 78.1 Å². The first-order valence-corrected chi connectivity index (χ1v) is 11.2. The molecule has 0 atom stereocenters. The summed E-state index contributed by atoms with van der Waals surface area (Å²) >= 11 is 0. The van der Waals surface area contributed by atoms with E-state index in [1.165, 1.54) is 27.4 Å². The van der Waals surface area contributed by atoms with Crippen LogP contribution in [0.4, 0.5) is 11.4 Å². The van der Waals surface area contributed by atoms with E-state index in [1.54, 1.807) is 73.8 Å². The first kappa shape index (κ1) is 25.2. The van der Waals surface area contributed by atoms with E-state index < -0.39 is 11.8 Å². The van der Waals surface area contributed by atoms with Crippen molar-refractivity contribution in [2.45, 2.75) is 0 Å². The van der Waals surface area contributed by atoms with E-state index in [4.69, 9.17) is 23.4 Å². The first-order valence-electron chi connectivity index (χ1n) is 11.2. The number of fused-ring (bicyclic) bond motifs is 1. The van der Waals surface area contributed by atoms with E-state index in [9.17, 15) is 9.59 Å². The topological polar surface area (TPSA) is 108 Å². The number of furan rings is 1. The molecule has 4 aromatic rings. The molecule has 0 aliphatic carbocycles. The van der Waals surface area contributed by atoms with Crippen molar-refractivity contribution in [3.63, 3.8) is 0 Å². The molecule has 4 rings (SSSR count). The quantitative estimate of drug-likeness (QED) is 0.296. The van der Waals surface area contributed by atoms with E-state index in [2.05, 4.69) is 10.6 Å². The van der Waals surface area contributed by atoms with Gasteiger partial charge in [-0.15, -0.1) is 0 Å². The Balaban J connectivity index is 1.61. The second-order valence-corrected chi connectivity index (χ2v) is 7.77. The summed E-state index contributed by atoms with van der Waals surface area (Å²) in [5.74, 6) is 0.942. The van der Waals surface area contributed by atoms with Gasteiger partial charge in [0.05, 0.1) is 28.4 Å². The van der Waals surface area contributed by atoms with Gasteiger partial charge in [0, 0.05) is 23.2 Å². The number of methoxy groups -OCH3 is 4. The van der Waals surface area contributed by atoms with Crippen LogP contribution < -0.4 is 29.6 Å². The van der Waals surface area contributed by atoms with E-state index >= 15 is 0 Å². The molecule has 0 radical (unpaired) electrons. The summed E-state index contributed by atoms with van der Waals surface area (Å²) in [6, 6.07) is 17.4. The highest BCUT2D eigenvalue weighted by molar-refractivity contribution is 6.16. The standard InChI is InChI=1S/C28H26N2O7/c1-33-19-9-7-8-18(16-19)29-28(32)27-25(20-10-5-6-11-21(20)37-27)30-24(31)13-12-17-14-22(34-2)26(36-4)23(15-17)35-3/h5-16H,1-4H3,(H,29,32)(H,30,31). The summed E-state index contributed by atoms with van der Waals surface area (Å²) in [5.41, 5.74) is 1.89. The Bertz CT molecular complexity index is 1450. The summed E-state index contributed by atoms with van der Waals surface area (Å²) in [5, 5.41) is 6.15. The fourth-order valence-electron chi connectivity index (χ4n) is 3.75. The molecule has 0 saturated carbocycles. The fraction of sp³-hybridized carbons (Fsp3) is 0.143. The summed E-state index contributed by atoms with van der Waals surface area (Å²) in [6.07, 6.45) is 2.93. The molecule has 0 bridgehead atoms. The van der Waals surface area contributed by atoms with Crippen molar-refractivity contribution in [2.75, 3.05) is 39.1 Å². The zero-order valence-corrected chi connectivity index (χ0v) is 20.8. The molecule has 37 heavy (non-hydrogen) atoms. The molecule has 3 aromatic carbocycles. The minimum absolute atomic E-state index is 0.0291. The second-order valence-electron chi connectivity index (χ2n) is 7.77. The van der Waals surface area contributed by atoms with Gasteiger partial charge in [0.25, 0.3) is 5.91 Å². The number of hydrogen-bond acceptors (Lipinski definition) is 7. The summed E-state index contributed by atoms with van der Waals surface area (Å²) in [7, 11) is 6.08. The third kappa shape index (κ3) is 5.51. The predicted molar refractivity (Wildman–Crippen MR) is 141 cm³/mol. The van der Waals surface area contributed by atoms with Crippen molar-refractivity contribution in [1.29, 1.82) is 0 Å². The van der Waals surface area contributed by atoms with Crippen molar-refractivity contribution in [3.8, 4) is 23.0 Å². The maximum absolute atomic E-state index is 13.1. The molecule has 2 amide bonds. The van der Waals surface area contributed by atoms with Gasteiger partial charge in [-0.2, -0.15) is 0 Å². The van der Waals surface area contributed by atoms with Gasteiger partial charge < -0.3 is 34.0 Å². The monoisotopic (exact) mass is 502 g/mol. The molecular formula is C28H26N2O7. The van der Waals surface area contributed by atoms with Crippen LogP contribution in [-0.2, 0) is 4.79 Å². The molecule has 1 aromatic heterocycles. The lowest BCUT2D eigenvalue weighted by atomic mass is 10.1. The smallest absolute Gasteiger partial charge is 0.293 e. The van der Waals surface area contributed by atoms with Gasteiger partial charge in [-0.25, -0.2) is 0 Å². The number of amides is 2. The predicted octanol–water partition coefficient (Wildman–Crippen LogP) is 5.37. The van der Waals surface area contributed by atoms with Crippen molar-refractivity contribution < 1.29 is 33.0 Å². The molecule has 1 heterocycles. The fourth-order valence-corrected chi connectivity index (χ4v) is 3.75. The van der Waals surface area contributed by atoms with Crippen molar-refractivity contribution >= 4 is 40.2 Å². The number of para-hydroxylation sites is 1. The number of anilines is 2. The lowest BCUT2D eigenvalue weighted by molar-refractivity contribution is -0.111. The first-order chi connectivity index (χ1) is 18.0. The van der Waals surface area contributed by atoms with E-state index in [1.807, 2.05) is 0 Å². The van der Waals surface area contributed by atoms with E-state index in [0.29, 0.717) is 45.2 Å². The van der Waals surface area contributed by atoms with Crippen LogP contribution in [-0.4, -0.2) is 40.3 Å². The molecule has 190 valence electrons. The lowest BCUT2D eigenvalue weighted by Gasteiger charge is -2.12. The lowest BCUT2D eigenvalue weighted by Crippen LogP contribution is -2.15. The summed E-state index contributed by atoms with van der Waals surface area (Å²) < 4.78 is 27.1. The van der Waals surface area contributed by atoms with Gasteiger partial charge >= 0.3 is 0 Å². The third-order valence-corrected chi connectivity index (χ3v) is 5.49. The highest BCUT2D eigenvalue weighted by Crippen LogP contribution is 2.38. The zero-order valence-electron chi connectivity index (χ0n) is 20.8. The third-order valence-electron chi connectivity index (χ3n) is 5.49. The highest BCUT2D eigenvalue weighted by Gasteiger charge is 2.22. The number of ether oxygens (including phenoxy) is 4. The van der Waals surface area contributed by atoms with Crippen LogP contribution in [0, 0.1) is 0 Å². The number of benzene rings is 3. The Morgan fingerprint density at radius 1 is 0.811 bits per heavy atom. The molecule has 0 aliphatic heterocycles. The largest absolute Gasteiger partial charge is 0.497 e. The Kier molecular flexibility index (Phi) is 7.63. The number of carbonyl (C=O) groups is 2. The van der Waals surface area contributed by atoms with Crippen LogP contribution in [0.2, 0.25) is 0 Å². The molecule has 0 spiro atoms. The van der Waals surface area contributed by atoms with Gasteiger partial charge in [-0.05, 0) is 48.0 Å². The SMILES string of the molecule is COc1cccc(NC(=O)c2oc3ccccc3c2NC(=O)C=Cc2cc(OC)c(OC)c(OC)c2)c1. The molecule has 9 heteroatoms. The Hall–Kier alpha value is -4.92. The number of carbonyl (C=O) groups excluding carboxylic acids is 2. The van der Waals surface area contributed by atoms with Gasteiger partial charge in [-0.1, -0.05) is 18.2 Å². The van der Waals surface area contributed by atoms with Crippen molar-refractivity contribution in [2.24, 2.45) is 0 Å². The van der Waals surface area contributed by atoms with Gasteiger partial charge in [0.1, 0.15) is 17.0 Å². The highest BCUT2D eigenvalue weighted by atomic mass is 16.5. The number of rotatable bonds is 9. The average molecular weight is 503 g/mol. The van der Waals surface area contributed by atoms with Crippen LogP contribution in [0.1, 0.15) is 16.1 Å². The Morgan fingerprint density at radius 3 is 2.22 bits per heavy atom. The van der Waals surface area contributed by atoms with Crippen LogP contribution in [0.5, 0.6) is 23.0 Å². The molecule has 0 fully saturated rings. The maximum Gasteiger partial charge on any atom is 0.293 e. The van der Waals surface area contributed by atoms with Crippen LogP contribution in [0.15, 0.2) is 71.2 Å². The average Bonchev–Trinajstić information content (AvgIpc) is 3.29. The van der Waals surface area contributed by atoms with Gasteiger partial charge in [0.2, 0.25) is 17.4 Å². The molecule has 0 unspecified atom stereocenters. The van der Waals surface area contributed by atoms with Crippen LogP contribution >= 0.6 is 0 Å². The Labute approximate surface area is 213 Å². The number of nitrogens with one attached hydrogen (secondary N) is 2. The molecule has 9 nitrogen and oxygen atoms in total. The second kappa shape index (κ2) is 11.2. The van der Waals surface area contributed by atoms with E-state index in [-0.39, 0.29) is 11.4 Å². The minimum atomic E-state index is -0.520. The molecule has 0 saturated heterocycles. The van der Waals surface area contributed by atoms with Gasteiger partial charge in [-0.3, -0.25) is 9.59 Å².